The average molecular weight is 385 g/mol. The topological polar surface area (TPSA) is 89.3 Å². The minimum Gasteiger partial charge on any atom is -0.368 e. The Morgan fingerprint density at radius 2 is 1.59 bits per heavy atom. The molecule has 0 spiro atoms. The molecule has 27 heavy (non-hydrogen) atoms. The molecule has 1 atom stereocenters. The summed E-state index contributed by atoms with van der Waals surface area (Å²) in [7, 11) is 0. The van der Waals surface area contributed by atoms with Crippen LogP contribution in [0.1, 0.15) is 54.0 Å². The minimum atomic E-state index is -0.795. The summed E-state index contributed by atoms with van der Waals surface area (Å²) in [4.78, 5) is 36.7. The monoisotopic (exact) mass is 384 g/mol. The van der Waals surface area contributed by atoms with Crippen molar-refractivity contribution in [2.24, 2.45) is 5.73 Å². The number of nitrogens with one attached hydrogen (secondary N) is 1. The zero-order valence-electron chi connectivity index (χ0n) is 15.9. The zero-order valence-corrected chi connectivity index (χ0v) is 16.7. The lowest BCUT2D eigenvalue weighted by molar-refractivity contribution is -0.119. The standard InChI is InChI=1S/C21H24N2O3S/c1-13(18(22)24)23-19(25)16-7-5-6-8-17(16)27-20(26)14-9-11-15(12-10-14)21(2,3)4/h5-13H,1-4H3,(H2,22,24)(H,23,25)/t13-/m1/s1. The Morgan fingerprint density at radius 3 is 2.15 bits per heavy atom. The van der Waals surface area contributed by atoms with E-state index < -0.39 is 17.9 Å². The molecule has 2 rings (SSSR count). The molecule has 6 heteroatoms. The van der Waals surface area contributed by atoms with Crippen molar-refractivity contribution >= 4 is 28.7 Å². The Balaban J connectivity index is 2.19. The van der Waals surface area contributed by atoms with Gasteiger partial charge in [-0.05, 0) is 41.8 Å². The summed E-state index contributed by atoms with van der Waals surface area (Å²) in [6, 6.07) is 13.5. The van der Waals surface area contributed by atoms with Crippen molar-refractivity contribution in [2.75, 3.05) is 0 Å². The molecule has 0 saturated heterocycles. The number of rotatable bonds is 5. The van der Waals surface area contributed by atoms with Crippen LogP contribution in [-0.4, -0.2) is 23.0 Å². The van der Waals surface area contributed by atoms with Crippen LogP contribution in [0.3, 0.4) is 0 Å². The molecular weight excluding hydrogens is 360 g/mol. The van der Waals surface area contributed by atoms with Gasteiger partial charge in [0.1, 0.15) is 6.04 Å². The van der Waals surface area contributed by atoms with E-state index in [9.17, 15) is 14.4 Å². The Bertz CT molecular complexity index is 854. The van der Waals surface area contributed by atoms with Crippen molar-refractivity contribution in [3.8, 4) is 0 Å². The largest absolute Gasteiger partial charge is 0.368 e. The predicted octanol–water partition coefficient (Wildman–Crippen LogP) is 3.52. The third-order valence-electron chi connectivity index (χ3n) is 4.10. The highest BCUT2D eigenvalue weighted by Gasteiger charge is 2.19. The maximum Gasteiger partial charge on any atom is 0.253 e. The van der Waals surface area contributed by atoms with Crippen LogP contribution in [0.5, 0.6) is 0 Å². The molecule has 0 fully saturated rings. The number of amides is 2. The average Bonchev–Trinajstić information content (AvgIpc) is 2.61. The van der Waals surface area contributed by atoms with Gasteiger partial charge in [0.05, 0.1) is 5.56 Å². The van der Waals surface area contributed by atoms with E-state index in [1.54, 1.807) is 36.4 Å². The molecule has 0 radical (unpaired) electrons. The number of hydrogen-bond donors (Lipinski definition) is 2. The lowest BCUT2D eigenvalue weighted by Crippen LogP contribution is -2.42. The maximum atomic E-state index is 12.6. The van der Waals surface area contributed by atoms with Gasteiger partial charge in [-0.3, -0.25) is 14.4 Å². The summed E-state index contributed by atoms with van der Waals surface area (Å²) < 4.78 is 0. The van der Waals surface area contributed by atoms with Gasteiger partial charge in [0.25, 0.3) is 5.91 Å². The second-order valence-corrected chi connectivity index (χ2v) is 8.33. The van der Waals surface area contributed by atoms with Gasteiger partial charge in [-0.25, -0.2) is 0 Å². The normalized spacial score (nSPS) is 12.3. The number of benzene rings is 2. The minimum absolute atomic E-state index is 0.0104. The van der Waals surface area contributed by atoms with E-state index in [1.807, 2.05) is 12.1 Å². The van der Waals surface area contributed by atoms with Gasteiger partial charge in [0, 0.05) is 10.5 Å². The first-order valence-corrected chi connectivity index (χ1v) is 9.43. The van der Waals surface area contributed by atoms with E-state index >= 15 is 0 Å². The number of carbonyl (C=O) groups excluding carboxylic acids is 3. The molecule has 142 valence electrons. The number of thioether (sulfide) groups is 1. The second kappa shape index (κ2) is 8.39. The Morgan fingerprint density at radius 1 is 1.00 bits per heavy atom. The van der Waals surface area contributed by atoms with Crippen LogP contribution in [0, 0.1) is 0 Å². The lowest BCUT2D eigenvalue weighted by Gasteiger charge is -2.19. The first kappa shape index (κ1) is 20.7. The maximum absolute atomic E-state index is 12.6. The molecule has 3 N–H and O–H groups in total. The molecule has 0 aliphatic rings. The molecule has 2 aromatic carbocycles. The molecule has 0 aliphatic heterocycles. The summed E-state index contributed by atoms with van der Waals surface area (Å²) in [6.45, 7) is 7.85. The van der Waals surface area contributed by atoms with Crippen molar-refractivity contribution in [1.82, 2.24) is 5.32 Å². The molecule has 2 amide bonds. The van der Waals surface area contributed by atoms with Gasteiger partial charge in [0.2, 0.25) is 11.0 Å². The molecule has 5 nitrogen and oxygen atoms in total. The van der Waals surface area contributed by atoms with Gasteiger partial charge < -0.3 is 11.1 Å². The second-order valence-electron chi connectivity index (χ2n) is 7.31. The van der Waals surface area contributed by atoms with Crippen LogP contribution < -0.4 is 11.1 Å². The van der Waals surface area contributed by atoms with Crippen LogP contribution in [-0.2, 0) is 10.2 Å². The zero-order chi connectivity index (χ0) is 20.2. The fourth-order valence-electron chi connectivity index (χ4n) is 2.35. The Hall–Kier alpha value is -2.60. The number of primary amides is 1. The van der Waals surface area contributed by atoms with E-state index in [2.05, 4.69) is 26.1 Å². The van der Waals surface area contributed by atoms with Gasteiger partial charge >= 0.3 is 0 Å². The quantitative estimate of drug-likeness (QED) is 0.772. The third kappa shape index (κ3) is 5.44. The molecule has 0 unspecified atom stereocenters. The van der Waals surface area contributed by atoms with Crippen LogP contribution in [0.25, 0.3) is 0 Å². The highest BCUT2D eigenvalue weighted by molar-refractivity contribution is 8.14. The van der Waals surface area contributed by atoms with Gasteiger partial charge in [-0.2, -0.15) is 0 Å². The molecule has 0 bridgehead atoms. The van der Waals surface area contributed by atoms with Gasteiger partial charge in [-0.1, -0.05) is 57.2 Å². The summed E-state index contributed by atoms with van der Waals surface area (Å²) in [6.07, 6.45) is 0. The van der Waals surface area contributed by atoms with Crippen LogP contribution in [0.15, 0.2) is 53.4 Å². The number of nitrogens with two attached hydrogens (primary N) is 1. The third-order valence-corrected chi connectivity index (χ3v) is 5.09. The summed E-state index contributed by atoms with van der Waals surface area (Å²) in [5, 5.41) is 2.38. The molecule has 2 aromatic rings. The van der Waals surface area contributed by atoms with Crippen molar-refractivity contribution in [3.63, 3.8) is 0 Å². The van der Waals surface area contributed by atoms with Gasteiger partial charge in [-0.15, -0.1) is 0 Å². The highest BCUT2D eigenvalue weighted by atomic mass is 32.2. The Labute approximate surface area is 163 Å². The van der Waals surface area contributed by atoms with Crippen molar-refractivity contribution < 1.29 is 14.4 Å². The highest BCUT2D eigenvalue weighted by Crippen LogP contribution is 2.28. The predicted molar refractivity (Wildman–Crippen MR) is 108 cm³/mol. The molecule has 0 saturated carbocycles. The molecule has 0 aromatic heterocycles. The smallest absolute Gasteiger partial charge is 0.253 e. The first-order valence-electron chi connectivity index (χ1n) is 8.61. The summed E-state index contributed by atoms with van der Waals surface area (Å²) in [5.41, 5.74) is 7.23. The fraction of sp³-hybridized carbons (Fsp3) is 0.286. The van der Waals surface area contributed by atoms with E-state index in [4.69, 9.17) is 5.73 Å². The van der Waals surface area contributed by atoms with Crippen molar-refractivity contribution in [3.05, 3.63) is 65.2 Å². The fourth-order valence-corrected chi connectivity index (χ4v) is 3.22. The van der Waals surface area contributed by atoms with Crippen LogP contribution in [0.4, 0.5) is 0 Å². The van der Waals surface area contributed by atoms with Crippen molar-refractivity contribution in [1.29, 1.82) is 0 Å². The van der Waals surface area contributed by atoms with Crippen molar-refractivity contribution in [2.45, 2.75) is 44.0 Å². The summed E-state index contributed by atoms with van der Waals surface area (Å²) >= 11 is 0.985. The lowest BCUT2D eigenvalue weighted by atomic mass is 9.87. The van der Waals surface area contributed by atoms with Crippen LogP contribution in [0.2, 0.25) is 0 Å². The van der Waals surface area contributed by atoms with E-state index in [1.165, 1.54) is 6.92 Å². The molecule has 0 heterocycles. The Kier molecular flexibility index (Phi) is 6.44. The van der Waals surface area contributed by atoms with Crippen LogP contribution >= 0.6 is 11.8 Å². The van der Waals surface area contributed by atoms with E-state index in [-0.39, 0.29) is 10.5 Å². The molecule has 0 aliphatic carbocycles. The van der Waals surface area contributed by atoms with E-state index in [0.29, 0.717) is 16.0 Å². The summed E-state index contributed by atoms with van der Waals surface area (Å²) in [5.74, 6) is -1.07. The molecular formula is C21H24N2O3S. The number of hydrogen-bond acceptors (Lipinski definition) is 4. The van der Waals surface area contributed by atoms with E-state index in [0.717, 1.165) is 17.3 Å². The van der Waals surface area contributed by atoms with Gasteiger partial charge in [0.15, 0.2) is 0 Å². The first-order chi connectivity index (χ1) is 12.6. The number of carbonyl (C=O) groups is 3. The SMILES string of the molecule is C[C@@H](NC(=O)c1ccccc1SC(=O)c1ccc(C(C)(C)C)cc1)C(N)=O.